The van der Waals surface area contributed by atoms with Gasteiger partial charge in [-0.25, -0.2) is 9.97 Å². The van der Waals surface area contributed by atoms with Crippen molar-refractivity contribution in [3.05, 3.63) is 77.2 Å². The summed E-state index contributed by atoms with van der Waals surface area (Å²) in [5, 5.41) is 6.37. The Kier molecular flexibility index (Phi) is 5.24. The number of carbonyl (C=O) groups is 2. The van der Waals surface area contributed by atoms with E-state index in [1.165, 1.54) is 19.3 Å². The molecule has 2 aromatic carbocycles. The number of carbonyl (C=O) groups excluding carboxylic acids is 2. The molecule has 0 aliphatic rings. The smallest absolute Gasteiger partial charge is 0.275 e. The van der Waals surface area contributed by atoms with Crippen LogP contribution in [0.4, 0.5) is 17.2 Å². The van der Waals surface area contributed by atoms with Gasteiger partial charge in [0.15, 0.2) is 5.78 Å². The van der Waals surface area contributed by atoms with Gasteiger partial charge in [0.1, 0.15) is 11.5 Å². The van der Waals surface area contributed by atoms with Crippen LogP contribution in [0.15, 0.2) is 60.9 Å². The summed E-state index contributed by atoms with van der Waals surface area (Å²) in [7, 11) is 0. The monoisotopic (exact) mass is 366 g/mol. The van der Waals surface area contributed by atoms with Crippen LogP contribution < -0.4 is 10.6 Å². The van der Waals surface area contributed by atoms with E-state index in [0.29, 0.717) is 22.1 Å². The zero-order chi connectivity index (χ0) is 18.5. The number of hydrogen-bond acceptors (Lipinski definition) is 5. The van der Waals surface area contributed by atoms with Gasteiger partial charge < -0.3 is 10.6 Å². The predicted octanol–water partition coefficient (Wildman–Crippen LogP) is 4.33. The van der Waals surface area contributed by atoms with Crippen molar-refractivity contribution >= 4 is 40.5 Å². The number of ketones is 1. The van der Waals surface area contributed by atoms with Gasteiger partial charge in [0, 0.05) is 22.0 Å². The summed E-state index contributed by atoms with van der Waals surface area (Å²) in [6.07, 6.45) is 2.85. The highest BCUT2D eigenvalue weighted by molar-refractivity contribution is 6.30. The number of amides is 1. The molecule has 0 unspecified atom stereocenters. The van der Waals surface area contributed by atoms with Crippen LogP contribution in [-0.4, -0.2) is 21.7 Å². The molecule has 0 aliphatic carbocycles. The highest BCUT2D eigenvalue weighted by Gasteiger charge is 2.09. The van der Waals surface area contributed by atoms with Gasteiger partial charge in [0.2, 0.25) is 0 Å². The fraction of sp³-hybridized carbons (Fsp3) is 0.0526. The third-order valence-corrected chi connectivity index (χ3v) is 3.80. The molecule has 0 bridgehead atoms. The average molecular weight is 367 g/mol. The van der Waals surface area contributed by atoms with Crippen LogP contribution in [0, 0.1) is 0 Å². The minimum Gasteiger partial charge on any atom is -0.339 e. The van der Waals surface area contributed by atoms with E-state index in [-0.39, 0.29) is 17.4 Å². The molecule has 0 saturated carbocycles. The largest absolute Gasteiger partial charge is 0.339 e. The molecule has 7 heteroatoms. The molecule has 3 aromatic rings. The van der Waals surface area contributed by atoms with Crippen molar-refractivity contribution in [3.63, 3.8) is 0 Å². The highest BCUT2D eigenvalue weighted by atomic mass is 35.5. The lowest BCUT2D eigenvalue weighted by Gasteiger charge is -2.07. The summed E-state index contributed by atoms with van der Waals surface area (Å²) in [6.45, 7) is 1.52. The molecule has 26 heavy (non-hydrogen) atoms. The van der Waals surface area contributed by atoms with Crippen molar-refractivity contribution in [3.8, 4) is 0 Å². The molecule has 0 atom stereocenters. The fourth-order valence-corrected chi connectivity index (χ4v) is 2.30. The predicted molar refractivity (Wildman–Crippen MR) is 101 cm³/mol. The van der Waals surface area contributed by atoms with Gasteiger partial charge in [-0.2, -0.15) is 0 Å². The molecule has 1 amide bonds. The molecular weight excluding hydrogens is 352 g/mol. The van der Waals surface area contributed by atoms with Gasteiger partial charge in [-0.3, -0.25) is 9.59 Å². The maximum absolute atomic E-state index is 12.2. The Bertz CT molecular complexity index is 923. The Morgan fingerprint density at radius 1 is 0.885 bits per heavy atom. The number of rotatable bonds is 5. The molecule has 1 aromatic heterocycles. The van der Waals surface area contributed by atoms with E-state index < -0.39 is 0 Å². The first-order chi connectivity index (χ1) is 12.5. The van der Waals surface area contributed by atoms with Crippen LogP contribution in [-0.2, 0) is 0 Å². The van der Waals surface area contributed by atoms with Crippen LogP contribution in [0.25, 0.3) is 0 Å². The molecule has 0 fully saturated rings. The van der Waals surface area contributed by atoms with Crippen LogP contribution in [0.5, 0.6) is 0 Å². The molecule has 0 spiro atoms. The number of aromatic nitrogens is 2. The molecule has 0 radical (unpaired) electrons. The number of nitrogens with zero attached hydrogens (tertiary/aromatic N) is 2. The van der Waals surface area contributed by atoms with Crippen LogP contribution in [0.2, 0.25) is 5.02 Å². The van der Waals surface area contributed by atoms with E-state index in [4.69, 9.17) is 11.6 Å². The Hall–Kier alpha value is -3.25. The van der Waals surface area contributed by atoms with E-state index in [0.717, 1.165) is 5.69 Å². The average Bonchev–Trinajstić information content (AvgIpc) is 2.64. The van der Waals surface area contributed by atoms with Gasteiger partial charge in [-0.05, 0) is 55.5 Å². The lowest BCUT2D eigenvalue weighted by molar-refractivity contribution is 0.101. The second kappa shape index (κ2) is 7.76. The second-order valence-corrected chi connectivity index (χ2v) is 5.94. The minimum atomic E-state index is -0.364. The van der Waals surface area contributed by atoms with Crippen molar-refractivity contribution in [1.29, 1.82) is 0 Å². The first-order valence-electron chi connectivity index (χ1n) is 7.78. The maximum atomic E-state index is 12.2. The first-order valence-corrected chi connectivity index (χ1v) is 8.16. The van der Waals surface area contributed by atoms with Crippen LogP contribution in [0.3, 0.4) is 0 Å². The van der Waals surface area contributed by atoms with Gasteiger partial charge in [-0.1, -0.05) is 11.6 Å². The fourth-order valence-electron chi connectivity index (χ4n) is 2.17. The third kappa shape index (κ3) is 4.43. The molecule has 2 N–H and O–H groups in total. The molecule has 130 valence electrons. The van der Waals surface area contributed by atoms with Crippen molar-refractivity contribution in [1.82, 2.24) is 9.97 Å². The van der Waals surface area contributed by atoms with Gasteiger partial charge in [0.05, 0.1) is 12.4 Å². The SMILES string of the molecule is CC(=O)c1ccc(Nc2cnc(C(=O)Nc3ccc(Cl)cc3)cn2)cc1. The topological polar surface area (TPSA) is 84.0 Å². The minimum absolute atomic E-state index is 0.00685. The van der Waals surface area contributed by atoms with Gasteiger partial charge in [-0.15, -0.1) is 0 Å². The number of hydrogen-bond donors (Lipinski definition) is 2. The molecule has 6 nitrogen and oxygen atoms in total. The molecule has 0 saturated heterocycles. The van der Waals surface area contributed by atoms with Crippen molar-refractivity contribution in [2.24, 2.45) is 0 Å². The van der Waals surface area contributed by atoms with Crippen molar-refractivity contribution in [2.45, 2.75) is 6.92 Å². The van der Waals surface area contributed by atoms with E-state index in [9.17, 15) is 9.59 Å². The first kappa shape index (κ1) is 17.6. The Balaban J connectivity index is 1.64. The molecular formula is C19H15ClN4O2. The third-order valence-electron chi connectivity index (χ3n) is 3.55. The number of nitrogens with one attached hydrogen (secondary N) is 2. The Morgan fingerprint density at radius 2 is 1.54 bits per heavy atom. The summed E-state index contributed by atoms with van der Waals surface area (Å²) < 4.78 is 0. The summed E-state index contributed by atoms with van der Waals surface area (Å²) in [5.41, 5.74) is 2.21. The maximum Gasteiger partial charge on any atom is 0.275 e. The van der Waals surface area contributed by atoms with E-state index in [2.05, 4.69) is 20.6 Å². The number of halogens is 1. The van der Waals surface area contributed by atoms with Gasteiger partial charge in [0.25, 0.3) is 5.91 Å². The van der Waals surface area contributed by atoms with Gasteiger partial charge >= 0.3 is 0 Å². The summed E-state index contributed by atoms with van der Waals surface area (Å²) in [6, 6.07) is 13.8. The number of Topliss-reactive ketones (excluding diaryl/α,β-unsaturated/α-hetero) is 1. The summed E-state index contributed by atoms with van der Waals surface area (Å²) >= 11 is 5.81. The summed E-state index contributed by atoms with van der Waals surface area (Å²) in [5.74, 6) is 0.133. The molecule has 3 rings (SSSR count). The van der Waals surface area contributed by atoms with Crippen LogP contribution in [0.1, 0.15) is 27.8 Å². The van der Waals surface area contributed by atoms with E-state index in [1.54, 1.807) is 48.5 Å². The quantitative estimate of drug-likeness (QED) is 0.656. The second-order valence-electron chi connectivity index (χ2n) is 5.51. The number of benzene rings is 2. The highest BCUT2D eigenvalue weighted by Crippen LogP contribution is 2.16. The zero-order valence-corrected chi connectivity index (χ0v) is 14.6. The van der Waals surface area contributed by atoms with Crippen molar-refractivity contribution in [2.75, 3.05) is 10.6 Å². The standard InChI is InChI=1S/C19H15ClN4O2/c1-12(25)13-2-6-15(7-3-13)23-18-11-21-17(10-22-18)19(26)24-16-8-4-14(20)5-9-16/h2-11H,1H3,(H,22,23)(H,24,26). The number of anilines is 3. The normalized spacial score (nSPS) is 10.2. The lowest BCUT2D eigenvalue weighted by Crippen LogP contribution is -2.14. The molecule has 0 aliphatic heterocycles. The summed E-state index contributed by atoms with van der Waals surface area (Å²) in [4.78, 5) is 31.8. The Morgan fingerprint density at radius 3 is 2.12 bits per heavy atom. The van der Waals surface area contributed by atoms with Crippen molar-refractivity contribution < 1.29 is 9.59 Å². The van der Waals surface area contributed by atoms with E-state index >= 15 is 0 Å². The van der Waals surface area contributed by atoms with Crippen LogP contribution >= 0.6 is 11.6 Å². The van der Waals surface area contributed by atoms with E-state index in [1.807, 2.05) is 0 Å². The zero-order valence-electron chi connectivity index (χ0n) is 13.9. The Labute approximate surface area is 155 Å². The molecule has 1 heterocycles. The lowest BCUT2D eigenvalue weighted by atomic mass is 10.1.